The molecule has 1 aliphatic rings. The maximum absolute atomic E-state index is 12.6. The van der Waals surface area contributed by atoms with E-state index < -0.39 is 5.60 Å². The SMILES string of the molecule is C=CC(=O)Nc1cc(-c2c(-c3ccc(N4CCN(C)CC4)cc3)[nH]c3ncc(CC(=O)OC(C)(C)C)cc23)ccc1C.[HH].[HH]. The van der Waals surface area contributed by atoms with Crippen molar-refractivity contribution in [3.8, 4) is 22.4 Å². The summed E-state index contributed by atoms with van der Waals surface area (Å²) in [6.45, 7) is 15.2. The average Bonchev–Trinajstić information content (AvgIpc) is 3.32. The molecule has 0 spiro atoms. The van der Waals surface area contributed by atoms with Gasteiger partial charge in [-0.3, -0.25) is 9.59 Å². The van der Waals surface area contributed by atoms with Gasteiger partial charge in [-0.25, -0.2) is 4.98 Å². The third kappa shape index (κ3) is 6.55. The van der Waals surface area contributed by atoms with E-state index in [9.17, 15) is 9.59 Å². The van der Waals surface area contributed by atoms with Crippen LogP contribution in [-0.4, -0.2) is 65.6 Å². The Labute approximate surface area is 250 Å². The number of carbonyl (C=O) groups excluding carboxylic acids is 2. The lowest BCUT2D eigenvalue weighted by atomic mass is 9.96. The van der Waals surface area contributed by atoms with Crippen molar-refractivity contribution >= 4 is 34.3 Å². The summed E-state index contributed by atoms with van der Waals surface area (Å²) in [4.78, 5) is 37.8. The molecule has 2 aromatic heterocycles. The highest BCUT2D eigenvalue weighted by molar-refractivity contribution is 6.05. The fourth-order valence-electron chi connectivity index (χ4n) is 5.27. The summed E-state index contributed by atoms with van der Waals surface area (Å²) >= 11 is 0. The minimum absolute atomic E-state index is 0. The van der Waals surface area contributed by atoms with Gasteiger partial charge in [0.1, 0.15) is 11.2 Å². The molecule has 2 aromatic carbocycles. The van der Waals surface area contributed by atoms with Gasteiger partial charge in [0.25, 0.3) is 0 Å². The van der Waals surface area contributed by atoms with Crippen LogP contribution >= 0.6 is 0 Å². The van der Waals surface area contributed by atoms with E-state index in [-0.39, 0.29) is 21.2 Å². The Bertz CT molecular complexity index is 1640. The van der Waals surface area contributed by atoms with Crippen LogP contribution in [0.1, 0.15) is 34.8 Å². The monoisotopic (exact) mass is 569 g/mol. The van der Waals surface area contributed by atoms with Crippen molar-refractivity contribution in [3.05, 3.63) is 78.5 Å². The van der Waals surface area contributed by atoms with Crippen LogP contribution in [0.25, 0.3) is 33.4 Å². The number of nitrogens with zero attached hydrogens (tertiary/aromatic N) is 3. The van der Waals surface area contributed by atoms with Crippen LogP contribution in [0.2, 0.25) is 0 Å². The first-order chi connectivity index (χ1) is 20.0. The van der Waals surface area contributed by atoms with Gasteiger partial charge in [-0.2, -0.15) is 0 Å². The summed E-state index contributed by atoms with van der Waals surface area (Å²) in [6.07, 6.45) is 3.10. The molecule has 0 bridgehead atoms. The molecule has 0 radical (unpaired) electrons. The maximum atomic E-state index is 12.6. The normalized spacial score (nSPS) is 14.2. The standard InChI is InChI=1S/C34H39N5O3.2H2/c1-7-29(40)36-28-20-25(9-8-22(28)2)31-27-18-23(19-30(41)42-34(3,4)5)21-35-33(27)37-32(31)24-10-12-26(13-11-24)39-16-14-38(6)15-17-39;;/h7-13,18,20-21H,1,14-17,19H2,2-6H3,(H,35,37)(H,36,40);2*1H. The van der Waals surface area contributed by atoms with E-state index in [0.29, 0.717) is 11.3 Å². The lowest BCUT2D eigenvalue weighted by Gasteiger charge is -2.34. The summed E-state index contributed by atoms with van der Waals surface area (Å²) in [5, 5.41) is 3.81. The molecule has 0 atom stereocenters. The fourth-order valence-corrected chi connectivity index (χ4v) is 5.27. The van der Waals surface area contributed by atoms with Crippen molar-refractivity contribution in [1.82, 2.24) is 14.9 Å². The molecule has 222 valence electrons. The van der Waals surface area contributed by atoms with Crippen LogP contribution in [0.5, 0.6) is 0 Å². The Hall–Kier alpha value is -4.43. The number of hydrogen-bond acceptors (Lipinski definition) is 6. The number of nitrogens with one attached hydrogen (secondary N) is 2. The zero-order chi connectivity index (χ0) is 30.0. The minimum Gasteiger partial charge on any atom is -0.460 e. The first kappa shape index (κ1) is 29.1. The molecule has 1 saturated heterocycles. The number of pyridine rings is 1. The second-order valence-corrected chi connectivity index (χ2v) is 11.9. The molecule has 0 aliphatic carbocycles. The van der Waals surface area contributed by atoms with Gasteiger partial charge >= 0.3 is 5.97 Å². The van der Waals surface area contributed by atoms with Crippen LogP contribution in [-0.2, 0) is 20.7 Å². The molecule has 2 N–H and O–H groups in total. The molecule has 3 heterocycles. The molecule has 0 saturated carbocycles. The summed E-state index contributed by atoms with van der Waals surface area (Å²) < 4.78 is 5.56. The van der Waals surface area contributed by atoms with Crippen LogP contribution in [0, 0.1) is 6.92 Å². The topological polar surface area (TPSA) is 90.6 Å². The third-order valence-electron chi connectivity index (χ3n) is 7.47. The molecule has 42 heavy (non-hydrogen) atoms. The van der Waals surface area contributed by atoms with Gasteiger partial charge in [-0.05, 0) is 87.3 Å². The zero-order valence-electron chi connectivity index (χ0n) is 25.1. The minimum atomic E-state index is -0.564. The molecular formula is C34H43N5O3. The number of anilines is 2. The molecule has 4 aromatic rings. The van der Waals surface area contributed by atoms with Gasteiger partial charge in [0.05, 0.1) is 12.1 Å². The summed E-state index contributed by atoms with van der Waals surface area (Å²) in [7, 11) is 2.16. The van der Waals surface area contributed by atoms with E-state index in [0.717, 1.165) is 65.1 Å². The van der Waals surface area contributed by atoms with Crippen molar-refractivity contribution < 1.29 is 17.2 Å². The third-order valence-corrected chi connectivity index (χ3v) is 7.47. The van der Waals surface area contributed by atoms with Crippen molar-refractivity contribution in [2.24, 2.45) is 0 Å². The number of hydrogen-bond donors (Lipinski definition) is 2. The Kier molecular flexibility index (Phi) is 8.18. The number of H-pyrrole nitrogens is 1. The van der Waals surface area contributed by atoms with E-state index in [1.165, 1.54) is 11.8 Å². The number of likely N-dealkylation sites (N-methyl/N-ethyl adjacent to an activating group) is 1. The number of aromatic nitrogens is 2. The van der Waals surface area contributed by atoms with Gasteiger partial charge < -0.3 is 24.8 Å². The number of carbonyl (C=O) groups is 2. The number of benzene rings is 2. The van der Waals surface area contributed by atoms with E-state index in [4.69, 9.17) is 9.72 Å². The van der Waals surface area contributed by atoms with Gasteiger partial charge in [0.2, 0.25) is 5.91 Å². The molecule has 1 fully saturated rings. The average molecular weight is 570 g/mol. The van der Waals surface area contributed by atoms with E-state index in [1.807, 2.05) is 52.0 Å². The molecule has 0 unspecified atom stereocenters. The van der Waals surface area contributed by atoms with E-state index >= 15 is 0 Å². The number of rotatable bonds is 7. The van der Waals surface area contributed by atoms with E-state index in [2.05, 4.69) is 58.0 Å². The summed E-state index contributed by atoms with van der Waals surface area (Å²) in [5.41, 5.74) is 7.57. The lowest BCUT2D eigenvalue weighted by Crippen LogP contribution is -2.44. The van der Waals surface area contributed by atoms with Gasteiger partial charge in [-0.15, -0.1) is 0 Å². The Balaban J connectivity index is 0.00000264. The highest BCUT2D eigenvalue weighted by atomic mass is 16.6. The number of ether oxygens (including phenoxy) is 1. The number of esters is 1. The van der Waals surface area contributed by atoms with Crippen molar-refractivity contribution in [2.45, 2.75) is 39.7 Å². The first-order valence-corrected chi connectivity index (χ1v) is 14.3. The smallest absolute Gasteiger partial charge is 0.310 e. The largest absolute Gasteiger partial charge is 0.460 e. The predicted molar refractivity (Wildman–Crippen MR) is 174 cm³/mol. The van der Waals surface area contributed by atoms with Crippen LogP contribution in [0.3, 0.4) is 0 Å². The van der Waals surface area contributed by atoms with Gasteiger partial charge in [0.15, 0.2) is 0 Å². The highest BCUT2D eigenvalue weighted by Gasteiger charge is 2.21. The van der Waals surface area contributed by atoms with E-state index in [1.54, 1.807) is 6.20 Å². The number of fused-ring (bicyclic) bond motifs is 1. The summed E-state index contributed by atoms with van der Waals surface area (Å²) in [5.74, 6) is -0.569. The molecule has 8 heteroatoms. The number of amides is 1. The van der Waals surface area contributed by atoms with Crippen molar-refractivity contribution in [3.63, 3.8) is 0 Å². The quantitative estimate of drug-likeness (QED) is 0.196. The van der Waals surface area contributed by atoms with Crippen LogP contribution in [0.15, 0.2) is 67.4 Å². The Morgan fingerprint density at radius 2 is 1.76 bits per heavy atom. The maximum Gasteiger partial charge on any atom is 0.310 e. The first-order valence-electron chi connectivity index (χ1n) is 14.3. The predicted octanol–water partition coefficient (Wildman–Crippen LogP) is 6.46. The van der Waals surface area contributed by atoms with Crippen molar-refractivity contribution in [1.29, 1.82) is 0 Å². The van der Waals surface area contributed by atoms with Crippen LogP contribution < -0.4 is 10.2 Å². The molecular weight excluding hydrogens is 526 g/mol. The Morgan fingerprint density at radius 3 is 2.43 bits per heavy atom. The molecule has 1 amide bonds. The van der Waals surface area contributed by atoms with Crippen molar-refractivity contribution in [2.75, 3.05) is 43.4 Å². The molecule has 1 aliphatic heterocycles. The second-order valence-electron chi connectivity index (χ2n) is 11.9. The van der Waals surface area contributed by atoms with Gasteiger partial charge in [-0.1, -0.05) is 30.8 Å². The Morgan fingerprint density at radius 1 is 1.07 bits per heavy atom. The second kappa shape index (κ2) is 11.8. The number of piperazine rings is 1. The zero-order valence-corrected chi connectivity index (χ0v) is 25.1. The number of aromatic amines is 1. The molecule has 5 rings (SSSR count). The highest BCUT2D eigenvalue weighted by Crippen LogP contribution is 2.40. The summed E-state index contributed by atoms with van der Waals surface area (Å²) in [6, 6.07) is 16.6. The van der Waals surface area contributed by atoms with Crippen LogP contribution in [0.4, 0.5) is 11.4 Å². The van der Waals surface area contributed by atoms with Gasteiger partial charge in [0, 0.05) is 57.6 Å². The molecule has 8 nitrogen and oxygen atoms in total. The lowest BCUT2D eigenvalue weighted by molar-refractivity contribution is -0.153. The fraction of sp³-hybridized carbons (Fsp3) is 0.324. The number of aryl methyl sites for hydroxylation is 1.